The van der Waals surface area contributed by atoms with E-state index < -0.39 is 17.6 Å². The molecule has 132 valence electrons. The molecule has 0 N–H and O–H groups in total. The normalized spacial score (nSPS) is 12.0. The van der Waals surface area contributed by atoms with Crippen molar-refractivity contribution in [1.82, 2.24) is 14.8 Å². The quantitative estimate of drug-likeness (QED) is 0.576. The summed E-state index contributed by atoms with van der Waals surface area (Å²) in [7, 11) is 1.50. The molecule has 1 aromatic carbocycles. The lowest BCUT2D eigenvalue weighted by Gasteiger charge is -2.12. The fourth-order valence-corrected chi connectivity index (χ4v) is 2.84. The molecule has 0 atom stereocenters. The second-order valence-corrected chi connectivity index (χ2v) is 6.35. The minimum Gasteiger partial charge on any atom is -0.473 e. The van der Waals surface area contributed by atoms with Gasteiger partial charge in [0.15, 0.2) is 5.65 Å². The largest absolute Gasteiger partial charge is 0.473 e. The van der Waals surface area contributed by atoms with Gasteiger partial charge in [0.05, 0.1) is 16.6 Å². The van der Waals surface area contributed by atoms with Gasteiger partial charge in [-0.05, 0) is 19.1 Å². The molecule has 9 heteroatoms. The van der Waals surface area contributed by atoms with Crippen molar-refractivity contribution in [2.45, 2.75) is 19.7 Å². The van der Waals surface area contributed by atoms with Crippen LogP contribution in [0.5, 0.6) is 5.88 Å². The average molecular weight is 418 g/mol. The van der Waals surface area contributed by atoms with E-state index in [0.29, 0.717) is 4.47 Å². The molecule has 4 nitrogen and oxygen atoms in total. The Kier molecular flexibility index (Phi) is 4.44. The van der Waals surface area contributed by atoms with Gasteiger partial charge in [-0.25, -0.2) is 4.39 Å². The molecule has 0 aliphatic rings. The second-order valence-electron chi connectivity index (χ2n) is 5.44. The molecule has 3 rings (SSSR count). The summed E-state index contributed by atoms with van der Waals surface area (Å²) in [5.74, 6) is -0.770. The van der Waals surface area contributed by atoms with Gasteiger partial charge in [-0.3, -0.25) is 4.68 Å². The maximum absolute atomic E-state index is 13.8. The SMILES string of the molecule is Cc1nn(C)c2nc(OCc3ccc(Br)cc3F)cc(C(F)(F)F)c12. The summed E-state index contributed by atoms with van der Waals surface area (Å²) in [6.45, 7) is 1.24. The summed E-state index contributed by atoms with van der Waals surface area (Å²) in [4.78, 5) is 4.08. The highest BCUT2D eigenvalue weighted by Crippen LogP contribution is 2.37. The Bertz CT molecular complexity index is 953. The molecule has 3 aromatic rings. The fraction of sp³-hybridized carbons (Fsp3) is 0.250. The Balaban J connectivity index is 2.01. The summed E-state index contributed by atoms with van der Waals surface area (Å²) < 4.78 is 61.1. The van der Waals surface area contributed by atoms with Gasteiger partial charge >= 0.3 is 6.18 Å². The number of rotatable bonds is 3. The van der Waals surface area contributed by atoms with Crippen LogP contribution in [0, 0.1) is 12.7 Å². The van der Waals surface area contributed by atoms with Crippen molar-refractivity contribution in [1.29, 1.82) is 0 Å². The zero-order chi connectivity index (χ0) is 18.4. The highest BCUT2D eigenvalue weighted by Gasteiger charge is 2.35. The van der Waals surface area contributed by atoms with E-state index in [-0.39, 0.29) is 34.8 Å². The van der Waals surface area contributed by atoms with E-state index in [1.54, 1.807) is 6.07 Å². The Morgan fingerprint density at radius 1 is 1.24 bits per heavy atom. The maximum atomic E-state index is 13.8. The van der Waals surface area contributed by atoms with Crippen molar-refractivity contribution in [2.75, 3.05) is 0 Å². The number of aryl methyl sites for hydroxylation is 2. The third-order valence-electron chi connectivity index (χ3n) is 3.64. The Hall–Kier alpha value is -2.16. The number of ether oxygens (including phenoxy) is 1. The number of hydrogen-bond acceptors (Lipinski definition) is 3. The zero-order valence-electron chi connectivity index (χ0n) is 13.2. The molecule has 0 aliphatic carbocycles. The second kappa shape index (κ2) is 6.29. The van der Waals surface area contributed by atoms with Crippen LogP contribution in [0.4, 0.5) is 17.6 Å². The average Bonchev–Trinajstić information content (AvgIpc) is 2.79. The molecule has 0 amide bonds. The van der Waals surface area contributed by atoms with Gasteiger partial charge in [-0.2, -0.15) is 23.3 Å². The van der Waals surface area contributed by atoms with Gasteiger partial charge in [-0.15, -0.1) is 0 Å². The lowest BCUT2D eigenvalue weighted by Crippen LogP contribution is -2.09. The molecule has 2 aromatic heterocycles. The van der Waals surface area contributed by atoms with Crippen LogP contribution in [0.3, 0.4) is 0 Å². The number of halogens is 5. The van der Waals surface area contributed by atoms with E-state index in [1.807, 2.05) is 0 Å². The first kappa shape index (κ1) is 17.7. The molecule has 0 unspecified atom stereocenters. The fourth-order valence-electron chi connectivity index (χ4n) is 2.51. The summed E-state index contributed by atoms with van der Waals surface area (Å²) >= 11 is 3.13. The highest BCUT2D eigenvalue weighted by atomic mass is 79.9. The summed E-state index contributed by atoms with van der Waals surface area (Å²) in [5.41, 5.74) is -0.393. The van der Waals surface area contributed by atoms with Gasteiger partial charge in [-0.1, -0.05) is 22.0 Å². The zero-order valence-corrected chi connectivity index (χ0v) is 14.7. The van der Waals surface area contributed by atoms with E-state index >= 15 is 0 Å². The Labute approximate surface area is 148 Å². The number of benzene rings is 1. The lowest BCUT2D eigenvalue weighted by atomic mass is 10.1. The molecule has 2 heterocycles. The van der Waals surface area contributed by atoms with Crippen LogP contribution in [0.2, 0.25) is 0 Å². The first-order valence-electron chi connectivity index (χ1n) is 7.15. The number of fused-ring (bicyclic) bond motifs is 1. The van der Waals surface area contributed by atoms with Crippen LogP contribution in [-0.2, 0) is 19.8 Å². The molecule has 0 saturated carbocycles. The number of nitrogens with zero attached hydrogens (tertiary/aromatic N) is 3. The standard InChI is InChI=1S/C16H12BrF4N3O/c1-8-14-11(16(19,20)21)6-13(22-15(14)24(2)23-8)25-7-9-3-4-10(17)5-12(9)18/h3-6H,7H2,1-2H3. The predicted molar refractivity (Wildman–Crippen MR) is 86.7 cm³/mol. The molecular formula is C16H12BrF4N3O. The molecule has 0 bridgehead atoms. The third-order valence-corrected chi connectivity index (χ3v) is 4.13. The van der Waals surface area contributed by atoms with Gasteiger partial charge in [0, 0.05) is 23.2 Å². The number of aromatic nitrogens is 3. The van der Waals surface area contributed by atoms with E-state index in [0.717, 1.165) is 6.07 Å². The Morgan fingerprint density at radius 3 is 2.60 bits per heavy atom. The molecule has 0 saturated heterocycles. The third kappa shape index (κ3) is 3.46. The van der Waals surface area contributed by atoms with Crippen molar-refractivity contribution < 1.29 is 22.3 Å². The molecule has 25 heavy (non-hydrogen) atoms. The highest BCUT2D eigenvalue weighted by molar-refractivity contribution is 9.10. The molecular weight excluding hydrogens is 406 g/mol. The van der Waals surface area contributed by atoms with Crippen molar-refractivity contribution in [3.63, 3.8) is 0 Å². The van der Waals surface area contributed by atoms with E-state index in [1.165, 1.54) is 30.8 Å². The maximum Gasteiger partial charge on any atom is 0.417 e. The first-order chi connectivity index (χ1) is 11.7. The Morgan fingerprint density at radius 2 is 1.96 bits per heavy atom. The minimum atomic E-state index is -4.59. The van der Waals surface area contributed by atoms with Crippen LogP contribution in [0.25, 0.3) is 11.0 Å². The number of hydrogen-bond donors (Lipinski definition) is 0. The molecule has 0 radical (unpaired) electrons. The van der Waals surface area contributed by atoms with Crippen LogP contribution < -0.4 is 4.74 Å². The van der Waals surface area contributed by atoms with Gasteiger partial charge in [0.1, 0.15) is 12.4 Å². The first-order valence-corrected chi connectivity index (χ1v) is 7.94. The minimum absolute atomic E-state index is 0.0543. The topological polar surface area (TPSA) is 39.9 Å². The van der Waals surface area contributed by atoms with Crippen molar-refractivity contribution in [3.8, 4) is 5.88 Å². The van der Waals surface area contributed by atoms with Crippen molar-refractivity contribution >= 4 is 27.0 Å². The lowest BCUT2D eigenvalue weighted by molar-refractivity contribution is -0.136. The molecule has 0 fully saturated rings. The van der Waals surface area contributed by atoms with Gasteiger partial charge < -0.3 is 4.74 Å². The van der Waals surface area contributed by atoms with Crippen molar-refractivity contribution in [2.24, 2.45) is 7.05 Å². The van der Waals surface area contributed by atoms with Crippen molar-refractivity contribution in [3.05, 3.63) is 51.4 Å². The van der Waals surface area contributed by atoms with Crippen LogP contribution in [0.1, 0.15) is 16.8 Å². The molecule has 0 spiro atoms. The molecule has 0 aliphatic heterocycles. The van der Waals surface area contributed by atoms with Crippen LogP contribution in [-0.4, -0.2) is 14.8 Å². The summed E-state index contributed by atoms with van der Waals surface area (Å²) in [6, 6.07) is 5.16. The monoisotopic (exact) mass is 417 g/mol. The van der Waals surface area contributed by atoms with Crippen LogP contribution in [0.15, 0.2) is 28.7 Å². The van der Waals surface area contributed by atoms with Gasteiger partial charge in [0.25, 0.3) is 0 Å². The summed E-state index contributed by atoms with van der Waals surface area (Å²) in [5, 5.41) is 3.91. The predicted octanol–water partition coefficient (Wildman–Crippen LogP) is 4.78. The smallest absolute Gasteiger partial charge is 0.417 e. The summed E-state index contributed by atoms with van der Waals surface area (Å²) in [6.07, 6.45) is -4.59. The van der Waals surface area contributed by atoms with E-state index in [9.17, 15) is 17.6 Å². The number of pyridine rings is 1. The van der Waals surface area contributed by atoms with Gasteiger partial charge in [0.2, 0.25) is 5.88 Å². The van der Waals surface area contributed by atoms with E-state index in [4.69, 9.17) is 4.74 Å². The van der Waals surface area contributed by atoms with E-state index in [2.05, 4.69) is 26.0 Å². The van der Waals surface area contributed by atoms with Crippen LogP contribution >= 0.6 is 15.9 Å². The number of alkyl halides is 3.